The van der Waals surface area contributed by atoms with E-state index < -0.39 is 5.97 Å². The minimum atomic E-state index is -0.544. The fourth-order valence-electron chi connectivity index (χ4n) is 2.55. The van der Waals surface area contributed by atoms with E-state index in [0.717, 1.165) is 15.4 Å². The standard InChI is InChI=1S/C19H19N3O3S2/c1-10(2)15-13(20-11(3)26-15)17(23)22-19-21-14(18(24)25-4)16(27-19)12-8-6-5-7-9-12/h5-10H,1-4H3,(H,21,22,23). The van der Waals surface area contributed by atoms with Crippen LogP contribution in [-0.2, 0) is 4.74 Å². The highest BCUT2D eigenvalue weighted by atomic mass is 32.1. The number of nitrogens with one attached hydrogen (secondary N) is 1. The second-order valence-electron chi connectivity index (χ2n) is 6.11. The Morgan fingerprint density at radius 3 is 2.41 bits per heavy atom. The predicted molar refractivity (Wildman–Crippen MR) is 108 cm³/mol. The number of aryl methyl sites for hydroxylation is 1. The fraction of sp³-hybridized carbons (Fsp3) is 0.263. The van der Waals surface area contributed by atoms with Crippen molar-refractivity contribution in [2.75, 3.05) is 12.4 Å². The van der Waals surface area contributed by atoms with Crippen molar-refractivity contribution in [1.29, 1.82) is 0 Å². The molecule has 0 fully saturated rings. The summed E-state index contributed by atoms with van der Waals surface area (Å²) in [6.45, 7) is 5.92. The van der Waals surface area contributed by atoms with Crippen LogP contribution in [0.2, 0.25) is 0 Å². The van der Waals surface area contributed by atoms with Gasteiger partial charge in [0.25, 0.3) is 5.91 Å². The molecule has 1 amide bonds. The maximum absolute atomic E-state index is 12.7. The molecule has 27 heavy (non-hydrogen) atoms. The van der Waals surface area contributed by atoms with E-state index in [9.17, 15) is 9.59 Å². The summed E-state index contributed by atoms with van der Waals surface area (Å²) in [4.78, 5) is 35.1. The Balaban J connectivity index is 1.95. The molecule has 6 nitrogen and oxygen atoms in total. The first-order valence-electron chi connectivity index (χ1n) is 8.34. The van der Waals surface area contributed by atoms with E-state index in [1.165, 1.54) is 29.8 Å². The molecule has 0 aliphatic rings. The second kappa shape index (κ2) is 7.98. The molecule has 0 bridgehead atoms. The molecule has 0 saturated heterocycles. The van der Waals surface area contributed by atoms with Gasteiger partial charge in [-0.2, -0.15) is 0 Å². The van der Waals surface area contributed by atoms with Crippen LogP contribution in [0.5, 0.6) is 0 Å². The average molecular weight is 402 g/mol. The van der Waals surface area contributed by atoms with Gasteiger partial charge in [-0.25, -0.2) is 14.8 Å². The van der Waals surface area contributed by atoms with E-state index in [0.29, 0.717) is 15.7 Å². The molecule has 0 spiro atoms. The Bertz CT molecular complexity index is 978. The van der Waals surface area contributed by atoms with E-state index in [1.807, 2.05) is 51.1 Å². The largest absolute Gasteiger partial charge is 0.464 e. The molecule has 140 valence electrons. The van der Waals surface area contributed by atoms with Gasteiger partial charge in [0.15, 0.2) is 10.8 Å². The lowest BCUT2D eigenvalue weighted by Gasteiger charge is -2.04. The molecule has 1 aromatic carbocycles. The van der Waals surface area contributed by atoms with Gasteiger partial charge in [-0.3, -0.25) is 10.1 Å². The third-order valence-electron chi connectivity index (χ3n) is 3.76. The summed E-state index contributed by atoms with van der Waals surface area (Å²) >= 11 is 2.74. The van der Waals surface area contributed by atoms with E-state index in [1.54, 1.807) is 0 Å². The van der Waals surface area contributed by atoms with E-state index >= 15 is 0 Å². The smallest absolute Gasteiger partial charge is 0.358 e. The fourth-order valence-corrected chi connectivity index (χ4v) is 4.43. The van der Waals surface area contributed by atoms with Gasteiger partial charge in [0, 0.05) is 4.88 Å². The van der Waals surface area contributed by atoms with Crippen LogP contribution in [0.1, 0.15) is 50.6 Å². The first-order chi connectivity index (χ1) is 12.9. The summed E-state index contributed by atoms with van der Waals surface area (Å²) in [7, 11) is 1.31. The number of aromatic nitrogens is 2. The molecule has 3 rings (SSSR count). The van der Waals surface area contributed by atoms with Crippen molar-refractivity contribution in [2.24, 2.45) is 0 Å². The molecule has 0 aliphatic heterocycles. The number of nitrogens with zero attached hydrogens (tertiary/aromatic N) is 2. The Morgan fingerprint density at radius 2 is 1.78 bits per heavy atom. The number of esters is 1. The maximum atomic E-state index is 12.7. The number of amides is 1. The normalized spacial score (nSPS) is 10.9. The number of carbonyl (C=O) groups excluding carboxylic acids is 2. The molecular formula is C19H19N3O3S2. The summed E-state index contributed by atoms with van der Waals surface area (Å²) in [5.41, 5.74) is 1.43. The van der Waals surface area contributed by atoms with Gasteiger partial charge in [-0.15, -0.1) is 11.3 Å². The molecular weight excluding hydrogens is 382 g/mol. The molecule has 0 saturated carbocycles. The minimum absolute atomic E-state index is 0.183. The lowest BCUT2D eigenvalue weighted by Crippen LogP contribution is -2.15. The van der Waals surface area contributed by atoms with E-state index in [4.69, 9.17) is 4.74 Å². The number of methoxy groups -OCH3 is 1. The highest BCUT2D eigenvalue weighted by Crippen LogP contribution is 2.34. The van der Waals surface area contributed by atoms with Crippen LogP contribution in [0.25, 0.3) is 10.4 Å². The molecule has 2 heterocycles. The molecule has 3 aromatic rings. The third kappa shape index (κ3) is 4.06. The molecule has 8 heteroatoms. The van der Waals surface area contributed by atoms with Crippen molar-refractivity contribution in [2.45, 2.75) is 26.7 Å². The van der Waals surface area contributed by atoms with Crippen LogP contribution in [0.15, 0.2) is 30.3 Å². The van der Waals surface area contributed by atoms with Crippen molar-refractivity contribution < 1.29 is 14.3 Å². The molecule has 1 N–H and O–H groups in total. The Hall–Kier alpha value is -2.58. The SMILES string of the molecule is COC(=O)c1nc(NC(=O)c2nc(C)sc2C(C)C)sc1-c1ccccc1. The van der Waals surface area contributed by atoms with Crippen LogP contribution < -0.4 is 5.32 Å². The van der Waals surface area contributed by atoms with Gasteiger partial charge in [0.1, 0.15) is 5.69 Å². The van der Waals surface area contributed by atoms with Crippen molar-refractivity contribution in [3.63, 3.8) is 0 Å². The topological polar surface area (TPSA) is 81.2 Å². The maximum Gasteiger partial charge on any atom is 0.358 e. The summed E-state index contributed by atoms with van der Waals surface area (Å²) in [6, 6.07) is 9.41. The van der Waals surface area contributed by atoms with Crippen molar-refractivity contribution in [1.82, 2.24) is 9.97 Å². The lowest BCUT2D eigenvalue weighted by molar-refractivity contribution is 0.0595. The number of benzene rings is 1. The first-order valence-corrected chi connectivity index (χ1v) is 9.97. The zero-order chi connectivity index (χ0) is 19.6. The molecule has 0 atom stereocenters. The summed E-state index contributed by atoms with van der Waals surface area (Å²) in [6.07, 6.45) is 0. The summed E-state index contributed by atoms with van der Waals surface area (Å²) in [5.74, 6) is -0.676. The molecule has 0 radical (unpaired) electrons. The number of thiazole rings is 2. The summed E-state index contributed by atoms with van der Waals surface area (Å²) < 4.78 is 4.84. The van der Waals surface area contributed by atoms with Gasteiger partial charge in [-0.1, -0.05) is 55.5 Å². The third-order valence-corrected chi connectivity index (χ3v) is 6.05. The van der Waals surface area contributed by atoms with E-state index in [-0.39, 0.29) is 17.5 Å². The highest BCUT2D eigenvalue weighted by molar-refractivity contribution is 7.19. The van der Waals surface area contributed by atoms with Crippen molar-refractivity contribution in [3.05, 3.63) is 51.6 Å². The van der Waals surface area contributed by atoms with Gasteiger partial charge >= 0.3 is 5.97 Å². The number of anilines is 1. The highest BCUT2D eigenvalue weighted by Gasteiger charge is 2.24. The molecule has 2 aromatic heterocycles. The zero-order valence-electron chi connectivity index (χ0n) is 15.4. The number of carbonyl (C=O) groups is 2. The first kappa shape index (κ1) is 19.2. The number of ether oxygens (including phenoxy) is 1. The van der Waals surface area contributed by atoms with Crippen LogP contribution in [0.3, 0.4) is 0 Å². The van der Waals surface area contributed by atoms with Gasteiger partial charge in [-0.05, 0) is 18.4 Å². The van der Waals surface area contributed by atoms with Crippen LogP contribution in [0.4, 0.5) is 5.13 Å². The Labute approximate surface area is 165 Å². The second-order valence-corrected chi connectivity index (χ2v) is 8.34. The molecule has 0 aliphatic carbocycles. The average Bonchev–Trinajstić information content (AvgIpc) is 3.25. The van der Waals surface area contributed by atoms with Crippen LogP contribution >= 0.6 is 22.7 Å². The van der Waals surface area contributed by atoms with Crippen LogP contribution in [0, 0.1) is 6.92 Å². The van der Waals surface area contributed by atoms with Gasteiger partial charge in [0.05, 0.1) is 17.0 Å². The van der Waals surface area contributed by atoms with Crippen molar-refractivity contribution in [3.8, 4) is 10.4 Å². The monoisotopic (exact) mass is 401 g/mol. The Kier molecular flexibility index (Phi) is 5.67. The Morgan fingerprint density at radius 1 is 1.07 bits per heavy atom. The quantitative estimate of drug-likeness (QED) is 0.625. The lowest BCUT2D eigenvalue weighted by atomic mass is 10.1. The zero-order valence-corrected chi connectivity index (χ0v) is 17.0. The van der Waals surface area contributed by atoms with Crippen molar-refractivity contribution >= 4 is 39.7 Å². The number of rotatable bonds is 5. The van der Waals surface area contributed by atoms with Gasteiger partial charge < -0.3 is 4.74 Å². The molecule has 0 unspecified atom stereocenters. The van der Waals surface area contributed by atoms with Gasteiger partial charge in [0.2, 0.25) is 0 Å². The van der Waals surface area contributed by atoms with Crippen LogP contribution in [-0.4, -0.2) is 29.0 Å². The predicted octanol–water partition coefficient (Wildman–Crippen LogP) is 4.74. The minimum Gasteiger partial charge on any atom is -0.464 e. The number of hydrogen-bond acceptors (Lipinski definition) is 7. The summed E-state index contributed by atoms with van der Waals surface area (Å²) in [5, 5.41) is 3.95. The number of hydrogen-bond donors (Lipinski definition) is 1. The van der Waals surface area contributed by atoms with E-state index in [2.05, 4.69) is 15.3 Å².